The van der Waals surface area contributed by atoms with Gasteiger partial charge in [-0.3, -0.25) is 0 Å². The molecule has 82 valence electrons. The zero-order chi connectivity index (χ0) is 10.7. The molecule has 1 atom stereocenters. The molecule has 0 aromatic heterocycles. The molecule has 1 aliphatic heterocycles. The molecule has 1 aromatic carbocycles. The highest BCUT2D eigenvalue weighted by Crippen LogP contribution is 2.17. The fourth-order valence-electron chi connectivity index (χ4n) is 2.11. The molecule has 1 N–H and O–H groups in total. The standard InChI is InChI=1S/C13H20N2/c1-3-12-4-6-13(7-5-12)15-9-8-14-11(2)10-15/h4-7,11,14H,3,8-10H2,1-2H3. The van der Waals surface area contributed by atoms with E-state index in [1.54, 1.807) is 0 Å². The Morgan fingerprint density at radius 3 is 2.67 bits per heavy atom. The molecule has 1 aromatic rings. The molecule has 1 saturated heterocycles. The Balaban J connectivity index is 2.07. The van der Waals surface area contributed by atoms with Gasteiger partial charge < -0.3 is 10.2 Å². The number of anilines is 1. The highest BCUT2D eigenvalue weighted by Gasteiger charge is 2.15. The lowest BCUT2D eigenvalue weighted by molar-refractivity contribution is 0.485. The minimum absolute atomic E-state index is 0.601. The van der Waals surface area contributed by atoms with Crippen molar-refractivity contribution in [1.29, 1.82) is 0 Å². The average molecular weight is 204 g/mol. The van der Waals surface area contributed by atoms with Crippen LogP contribution in [0, 0.1) is 0 Å². The molecule has 1 heterocycles. The molecule has 1 aliphatic rings. The van der Waals surface area contributed by atoms with Crippen LogP contribution in [-0.4, -0.2) is 25.7 Å². The summed E-state index contributed by atoms with van der Waals surface area (Å²) in [5.41, 5.74) is 2.78. The van der Waals surface area contributed by atoms with Crippen molar-refractivity contribution in [2.75, 3.05) is 24.5 Å². The van der Waals surface area contributed by atoms with E-state index in [-0.39, 0.29) is 0 Å². The molecule has 2 nitrogen and oxygen atoms in total. The SMILES string of the molecule is CCc1ccc(N2CCNC(C)C2)cc1. The zero-order valence-corrected chi connectivity index (χ0v) is 9.66. The lowest BCUT2D eigenvalue weighted by Crippen LogP contribution is -2.49. The number of hydrogen-bond donors (Lipinski definition) is 1. The van der Waals surface area contributed by atoms with E-state index in [9.17, 15) is 0 Å². The molecule has 0 spiro atoms. The lowest BCUT2D eigenvalue weighted by atomic mass is 10.1. The molecular weight excluding hydrogens is 184 g/mol. The van der Waals surface area contributed by atoms with Gasteiger partial charge >= 0.3 is 0 Å². The molecule has 2 rings (SSSR count). The molecule has 0 radical (unpaired) electrons. The highest BCUT2D eigenvalue weighted by atomic mass is 15.2. The fraction of sp³-hybridized carbons (Fsp3) is 0.538. The van der Waals surface area contributed by atoms with Gasteiger partial charge in [0.05, 0.1) is 0 Å². The predicted molar refractivity (Wildman–Crippen MR) is 65.5 cm³/mol. The van der Waals surface area contributed by atoms with Crippen molar-refractivity contribution in [1.82, 2.24) is 5.32 Å². The van der Waals surface area contributed by atoms with Crippen LogP contribution >= 0.6 is 0 Å². The van der Waals surface area contributed by atoms with Gasteiger partial charge in [0.2, 0.25) is 0 Å². The molecular formula is C13H20N2. The average Bonchev–Trinajstić information content (AvgIpc) is 2.29. The summed E-state index contributed by atoms with van der Waals surface area (Å²) < 4.78 is 0. The maximum absolute atomic E-state index is 3.46. The largest absolute Gasteiger partial charge is 0.369 e. The predicted octanol–water partition coefficient (Wildman–Crippen LogP) is 2.05. The van der Waals surface area contributed by atoms with Gasteiger partial charge in [-0.1, -0.05) is 19.1 Å². The zero-order valence-electron chi connectivity index (χ0n) is 9.66. The van der Waals surface area contributed by atoms with Gasteiger partial charge in [-0.15, -0.1) is 0 Å². The number of hydrogen-bond acceptors (Lipinski definition) is 2. The summed E-state index contributed by atoms with van der Waals surface area (Å²) in [5.74, 6) is 0. The number of piperazine rings is 1. The third kappa shape index (κ3) is 2.51. The summed E-state index contributed by atoms with van der Waals surface area (Å²) in [4.78, 5) is 2.46. The molecule has 1 unspecified atom stereocenters. The monoisotopic (exact) mass is 204 g/mol. The van der Waals surface area contributed by atoms with Gasteiger partial charge in [0, 0.05) is 31.4 Å². The van der Waals surface area contributed by atoms with Crippen LogP contribution in [0.2, 0.25) is 0 Å². The van der Waals surface area contributed by atoms with E-state index in [0.29, 0.717) is 6.04 Å². The molecule has 0 saturated carbocycles. The lowest BCUT2D eigenvalue weighted by Gasteiger charge is -2.33. The fourth-order valence-corrected chi connectivity index (χ4v) is 2.11. The van der Waals surface area contributed by atoms with Crippen molar-refractivity contribution >= 4 is 5.69 Å². The molecule has 2 heteroatoms. The Morgan fingerprint density at radius 2 is 2.07 bits per heavy atom. The molecule has 0 amide bonds. The maximum Gasteiger partial charge on any atom is 0.0367 e. The van der Waals surface area contributed by atoms with E-state index in [0.717, 1.165) is 26.1 Å². The second-order valence-corrected chi connectivity index (χ2v) is 4.32. The van der Waals surface area contributed by atoms with Crippen LogP contribution in [0.3, 0.4) is 0 Å². The van der Waals surface area contributed by atoms with Crippen molar-refractivity contribution in [2.24, 2.45) is 0 Å². The molecule has 15 heavy (non-hydrogen) atoms. The first-order valence-electron chi connectivity index (χ1n) is 5.87. The van der Waals surface area contributed by atoms with E-state index in [1.807, 2.05) is 0 Å². The summed E-state index contributed by atoms with van der Waals surface area (Å²) in [5, 5.41) is 3.46. The smallest absolute Gasteiger partial charge is 0.0367 e. The Labute approximate surface area is 92.3 Å². The van der Waals surface area contributed by atoms with Crippen LogP contribution in [0.25, 0.3) is 0 Å². The van der Waals surface area contributed by atoms with Gasteiger partial charge in [0.1, 0.15) is 0 Å². The summed E-state index contributed by atoms with van der Waals surface area (Å²) in [6, 6.07) is 9.57. The number of nitrogens with zero attached hydrogens (tertiary/aromatic N) is 1. The third-order valence-electron chi connectivity index (χ3n) is 3.08. The Hall–Kier alpha value is -1.02. The van der Waals surface area contributed by atoms with Crippen molar-refractivity contribution < 1.29 is 0 Å². The first-order valence-corrected chi connectivity index (χ1v) is 5.87. The Kier molecular flexibility index (Phi) is 3.27. The van der Waals surface area contributed by atoms with Crippen LogP contribution in [0.5, 0.6) is 0 Å². The molecule has 0 aliphatic carbocycles. The summed E-state index contributed by atoms with van der Waals surface area (Å²) in [6.07, 6.45) is 1.12. The number of benzene rings is 1. The van der Waals surface area contributed by atoms with E-state index >= 15 is 0 Å². The van der Waals surface area contributed by atoms with Gasteiger partial charge in [-0.05, 0) is 31.0 Å². The summed E-state index contributed by atoms with van der Waals surface area (Å²) in [7, 11) is 0. The number of rotatable bonds is 2. The number of nitrogens with one attached hydrogen (secondary N) is 1. The third-order valence-corrected chi connectivity index (χ3v) is 3.08. The van der Waals surface area contributed by atoms with E-state index in [4.69, 9.17) is 0 Å². The van der Waals surface area contributed by atoms with Crippen LogP contribution in [0.4, 0.5) is 5.69 Å². The van der Waals surface area contributed by atoms with Crippen LogP contribution in [0.15, 0.2) is 24.3 Å². The summed E-state index contributed by atoms with van der Waals surface area (Å²) in [6.45, 7) is 7.77. The first kappa shape index (κ1) is 10.5. The van der Waals surface area contributed by atoms with Crippen molar-refractivity contribution in [3.05, 3.63) is 29.8 Å². The Bertz CT molecular complexity index is 305. The van der Waals surface area contributed by atoms with Gasteiger partial charge in [-0.2, -0.15) is 0 Å². The summed E-state index contributed by atoms with van der Waals surface area (Å²) >= 11 is 0. The molecule has 0 bridgehead atoms. The van der Waals surface area contributed by atoms with E-state index in [2.05, 4.69) is 48.3 Å². The van der Waals surface area contributed by atoms with E-state index < -0.39 is 0 Å². The quantitative estimate of drug-likeness (QED) is 0.793. The second kappa shape index (κ2) is 4.67. The van der Waals surface area contributed by atoms with Gasteiger partial charge in [-0.25, -0.2) is 0 Å². The van der Waals surface area contributed by atoms with Crippen LogP contribution in [-0.2, 0) is 6.42 Å². The van der Waals surface area contributed by atoms with Crippen LogP contribution in [0.1, 0.15) is 19.4 Å². The van der Waals surface area contributed by atoms with Crippen molar-refractivity contribution in [3.63, 3.8) is 0 Å². The molecule has 1 fully saturated rings. The second-order valence-electron chi connectivity index (χ2n) is 4.32. The Morgan fingerprint density at radius 1 is 1.33 bits per heavy atom. The van der Waals surface area contributed by atoms with Gasteiger partial charge in [0.15, 0.2) is 0 Å². The van der Waals surface area contributed by atoms with E-state index in [1.165, 1.54) is 11.3 Å². The number of aryl methyl sites for hydroxylation is 1. The highest BCUT2D eigenvalue weighted by molar-refractivity contribution is 5.48. The maximum atomic E-state index is 3.46. The normalized spacial score (nSPS) is 21.7. The minimum atomic E-state index is 0.601. The van der Waals surface area contributed by atoms with Crippen molar-refractivity contribution in [2.45, 2.75) is 26.3 Å². The van der Waals surface area contributed by atoms with Gasteiger partial charge in [0.25, 0.3) is 0 Å². The van der Waals surface area contributed by atoms with Crippen molar-refractivity contribution in [3.8, 4) is 0 Å². The topological polar surface area (TPSA) is 15.3 Å². The first-order chi connectivity index (χ1) is 7.29. The van der Waals surface area contributed by atoms with Crippen LogP contribution < -0.4 is 10.2 Å². The minimum Gasteiger partial charge on any atom is -0.369 e.